The number of Topliss-reactive ketones (excluding diaryl/α,β-unsaturated/α-hetero) is 1. The number of aliphatic hydroxyl groups excluding tert-OH is 1. The lowest BCUT2D eigenvalue weighted by Crippen LogP contribution is -2.25. The number of hydrogen-bond acceptors (Lipinski definition) is 7. The Bertz CT molecular complexity index is 1140. The van der Waals surface area contributed by atoms with Gasteiger partial charge in [0.2, 0.25) is 0 Å². The van der Waals surface area contributed by atoms with E-state index in [1.807, 2.05) is 13.0 Å². The third-order valence-electron chi connectivity index (χ3n) is 5.31. The molecule has 1 aliphatic rings. The van der Waals surface area contributed by atoms with E-state index in [2.05, 4.69) is 14.7 Å². The van der Waals surface area contributed by atoms with Gasteiger partial charge in [0.1, 0.15) is 23.4 Å². The number of ketones is 1. The van der Waals surface area contributed by atoms with Crippen LogP contribution in [0.5, 0.6) is 5.75 Å². The van der Waals surface area contributed by atoms with Gasteiger partial charge in [0.15, 0.2) is 5.78 Å². The maximum absolute atomic E-state index is 14.5. The number of aliphatic hydroxyl groups is 1. The summed E-state index contributed by atoms with van der Waals surface area (Å²) in [6.45, 7) is 2.11. The zero-order valence-corrected chi connectivity index (χ0v) is 18.9. The van der Waals surface area contributed by atoms with Crippen molar-refractivity contribution >= 4 is 23.2 Å². The number of amides is 1. The van der Waals surface area contributed by atoms with Crippen molar-refractivity contribution in [1.29, 1.82) is 0 Å². The number of carbonyl (C=O) groups excluding carboxylic acids is 2. The molecule has 0 aliphatic heterocycles. The molecule has 1 atom stereocenters. The smallest absolute Gasteiger partial charge is 0.254 e. The van der Waals surface area contributed by atoms with Crippen molar-refractivity contribution in [2.24, 2.45) is 5.92 Å². The number of benzene rings is 1. The van der Waals surface area contributed by atoms with Crippen molar-refractivity contribution in [1.82, 2.24) is 14.7 Å². The zero-order valence-electron chi connectivity index (χ0n) is 18.1. The third kappa shape index (κ3) is 5.61. The summed E-state index contributed by atoms with van der Waals surface area (Å²) >= 11 is 1.25. The molecule has 1 aliphatic carbocycles. The van der Waals surface area contributed by atoms with E-state index in [1.165, 1.54) is 23.7 Å². The fourth-order valence-electron chi connectivity index (χ4n) is 3.26. The number of rotatable bonds is 10. The highest BCUT2D eigenvalue weighted by molar-refractivity contribution is 7.06. The molecule has 2 aromatic heterocycles. The van der Waals surface area contributed by atoms with Gasteiger partial charge in [-0.1, -0.05) is 6.07 Å². The number of ether oxygens (including phenoxy) is 1. The molecule has 0 spiro atoms. The van der Waals surface area contributed by atoms with Crippen LogP contribution in [0.2, 0.25) is 0 Å². The monoisotopic (exact) mass is 469 g/mol. The summed E-state index contributed by atoms with van der Waals surface area (Å²) in [5, 5.41) is 11.4. The molecule has 0 saturated heterocycles. The van der Waals surface area contributed by atoms with Crippen molar-refractivity contribution in [2.75, 3.05) is 13.2 Å². The van der Waals surface area contributed by atoms with Gasteiger partial charge < -0.3 is 15.2 Å². The number of hydrogen-bond donors (Lipinski definition) is 2. The first-order valence-corrected chi connectivity index (χ1v) is 11.6. The molecule has 4 rings (SSSR count). The van der Waals surface area contributed by atoms with Crippen LogP contribution in [0, 0.1) is 11.7 Å². The molecular weight excluding hydrogens is 445 g/mol. The van der Waals surface area contributed by atoms with E-state index in [0.717, 1.165) is 17.7 Å². The molecule has 3 aromatic rings. The van der Waals surface area contributed by atoms with E-state index in [1.54, 1.807) is 24.4 Å². The minimum absolute atomic E-state index is 0.0437. The second-order valence-electron chi connectivity index (χ2n) is 7.92. The lowest BCUT2D eigenvalue weighted by Gasteiger charge is -2.12. The van der Waals surface area contributed by atoms with Crippen LogP contribution >= 0.6 is 11.5 Å². The molecule has 2 N–H and O–H groups in total. The van der Waals surface area contributed by atoms with Gasteiger partial charge in [-0.3, -0.25) is 9.59 Å². The van der Waals surface area contributed by atoms with E-state index in [-0.39, 0.29) is 36.5 Å². The van der Waals surface area contributed by atoms with Crippen LogP contribution in [-0.4, -0.2) is 39.3 Å². The molecule has 1 unspecified atom stereocenters. The van der Waals surface area contributed by atoms with Gasteiger partial charge in [-0.25, -0.2) is 9.37 Å². The minimum Gasteiger partial charge on any atom is -0.484 e. The van der Waals surface area contributed by atoms with Crippen LogP contribution in [0.4, 0.5) is 4.39 Å². The first-order valence-electron chi connectivity index (χ1n) is 10.8. The fraction of sp³-hybridized carbons (Fsp3) is 0.333. The highest BCUT2D eigenvalue weighted by Gasteiger charge is 2.31. The third-order valence-corrected chi connectivity index (χ3v) is 6.26. The van der Waals surface area contributed by atoms with E-state index in [4.69, 9.17) is 9.84 Å². The first-order chi connectivity index (χ1) is 16.0. The highest BCUT2D eigenvalue weighted by Crippen LogP contribution is 2.33. The molecule has 9 heteroatoms. The van der Waals surface area contributed by atoms with E-state index < -0.39 is 11.7 Å². The topological polar surface area (TPSA) is 101 Å². The van der Waals surface area contributed by atoms with Crippen molar-refractivity contribution in [3.63, 3.8) is 0 Å². The molecule has 1 saturated carbocycles. The Kier molecular flexibility index (Phi) is 7.10. The van der Waals surface area contributed by atoms with Crippen LogP contribution in [0.3, 0.4) is 0 Å². The second kappa shape index (κ2) is 10.2. The number of carbonyl (C=O) groups is 2. The van der Waals surface area contributed by atoms with Crippen LogP contribution in [0.25, 0.3) is 11.3 Å². The average Bonchev–Trinajstić information content (AvgIpc) is 3.55. The van der Waals surface area contributed by atoms with Gasteiger partial charge in [0.05, 0.1) is 22.3 Å². The molecule has 1 aromatic carbocycles. The van der Waals surface area contributed by atoms with Crippen LogP contribution in [0.1, 0.15) is 58.0 Å². The van der Waals surface area contributed by atoms with E-state index in [9.17, 15) is 14.0 Å². The van der Waals surface area contributed by atoms with E-state index in [0.29, 0.717) is 29.1 Å². The lowest BCUT2D eigenvalue weighted by atomic mass is 10.1. The maximum Gasteiger partial charge on any atom is 0.254 e. The van der Waals surface area contributed by atoms with Crippen LogP contribution in [0.15, 0.2) is 42.6 Å². The number of pyridine rings is 1. The summed E-state index contributed by atoms with van der Waals surface area (Å²) in [6.07, 6.45) is 3.52. The maximum atomic E-state index is 14.5. The molecule has 0 bridgehead atoms. The number of nitrogens with one attached hydrogen (secondary N) is 1. The molecule has 33 heavy (non-hydrogen) atoms. The van der Waals surface area contributed by atoms with Gasteiger partial charge >= 0.3 is 0 Å². The molecule has 0 radical (unpaired) electrons. The second-order valence-corrected chi connectivity index (χ2v) is 8.76. The standard InChI is InChI=1S/C24H24FN3O4S/c1-14(32-17-6-8-20(27-13-17)23(30)15-3-4-15)22-12-21(28-33-22)16-5-7-18(19(25)11-16)24(31)26-9-2-10-29/h5-8,11-15,29H,2-4,9-10H2,1H3,(H,26,31). The normalized spacial score (nSPS) is 14.0. The molecule has 1 amide bonds. The Labute approximate surface area is 194 Å². The van der Waals surface area contributed by atoms with Crippen molar-refractivity contribution in [3.05, 3.63) is 64.5 Å². The molecule has 172 valence electrons. The summed E-state index contributed by atoms with van der Waals surface area (Å²) in [7, 11) is 0. The number of halogens is 1. The average molecular weight is 470 g/mol. The Morgan fingerprint density at radius 3 is 2.76 bits per heavy atom. The van der Waals surface area contributed by atoms with E-state index >= 15 is 0 Å². The summed E-state index contributed by atoms with van der Waals surface area (Å²) in [4.78, 5) is 29.2. The number of aromatic nitrogens is 2. The molecule has 2 heterocycles. The predicted octanol–water partition coefficient (Wildman–Crippen LogP) is 4.19. The summed E-state index contributed by atoms with van der Waals surface area (Å²) in [5.74, 6) is -0.403. The first kappa shape index (κ1) is 23.0. The van der Waals surface area contributed by atoms with Gasteiger partial charge in [0.25, 0.3) is 5.91 Å². The van der Waals surface area contributed by atoms with Gasteiger partial charge in [-0.2, -0.15) is 4.37 Å². The Hall–Kier alpha value is -3.17. The molecular formula is C24H24FN3O4S. The highest BCUT2D eigenvalue weighted by atomic mass is 32.1. The summed E-state index contributed by atoms with van der Waals surface area (Å²) in [6, 6.07) is 9.60. The van der Waals surface area contributed by atoms with Crippen LogP contribution in [-0.2, 0) is 0 Å². The Morgan fingerprint density at radius 1 is 1.27 bits per heavy atom. The van der Waals surface area contributed by atoms with Crippen molar-refractivity contribution in [3.8, 4) is 17.0 Å². The minimum atomic E-state index is -0.639. The predicted molar refractivity (Wildman–Crippen MR) is 122 cm³/mol. The Morgan fingerprint density at radius 2 is 2.09 bits per heavy atom. The van der Waals surface area contributed by atoms with Crippen molar-refractivity contribution < 1.29 is 23.8 Å². The van der Waals surface area contributed by atoms with Gasteiger partial charge in [-0.05, 0) is 68.1 Å². The molecule has 1 fully saturated rings. The summed E-state index contributed by atoms with van der Waals surface area (Å²) < 4.78 is 24.8. The zero-order chi connectivity index (χ0) is 23.4. The summed E-state index contributed by atoms with van der Waals surface area (Å²) in [5.41, 5.74) is 1.55. The quantitative estimate of drug-likeness (QED) is 0.341. The van der Waals surface area contributed by atoms with Gasteiger partial charge in [0, 0.05) is 24.6 Å². The Balaban J connectivity index is 1.40. The molecule has 7 nitrogen and oxygen atoms in total. The van der Waals surface area contributed by atoms with Crippen molar-refractivity contribution in [2.45, 2.75) is 32.3 Å². The number of nitrogens with zero attached hydrogens (tertiary/aromatic N) is 2. The van der Waals surface area contributed by atoms with Crippen LogP contribution < -0.4 is 10.1 Å². The lowest BCUT2D eigenvalue weighted by molar-refractivity contribution is 0.0943. The SMILES string of the molecule is CC(Oc1ccc(C(=O)C2CC2)nc1)c1cc(-c2ccc(C(=O)NCCCO)c(F)c2)ns1. The largest absolute Gasteiger partial charge is 0.484 e. The fourth-order valence-corrected chi connectivity index (χ4v) is 3.99. The van der Waals surface area contributed by atoms with Gasteiger partial charge in [-0.15, -0.1) is 0 Å².